The van der Waals surface area contributed by atoms with E-state index in [0.29, 0.717) is 36.0 Å². The van der Waals surface area contributed by atoms with Crippen molar-refractivity contribution >= 4 is 5.91 Å². The van der Waals surface area contributed by atoms with Crippen LogP contribution in [0, 0.1) is 0 Å². The Kier molecular flexibility index (Phi) is 1.63. The largest absolute Gasteiger partial charge is 0.454 e. The van der Waals surface area contributed by atoms with Crippen LogP contribution in [0.15, 0.2) is 12.1 Å². The van der Waals surface area contributed by atoms with Crippen LogP contribution in [-0.2, 0) is 4.74 Å². The van der Waals surface area contributed by atoms with Crippen LogP contribution in [0.4, 0.5) is 0 Å². The lowest BCUT2D eigenvalue weighted by Gasteiger charge is -2.29. The molecule has 0 N–H and O–H groups in total. The van der Waals surface area contributed by atoms with Gasteiger partial charge in [-0.05, 0) is 0 Å². The van der Waals surface area contributed by atoms with Gasteiger partial charge in [-0.2, -0.15) is 0 Å². The third kappa shape index (κ3) is 1.15. The first-order valence-electron chi connectivity index (χ1n) is 5.36. The number of hydrogen-bond donors (Lipinski definition) is 0. The Morgan fingerprint density at radius 1 is 1.18 bits per heavy atom. The molecular weight excluding hydrogens is 226 g/mol. The van der Waals surface area contributed by atoms with Gasteiger partial charge in [-0.3, -0.25) is 9.69 Å². The molecule has 0 aromatic heterocycles. The predicted molar refractivity (Wildman–Crippen MR) is 54.0 cm³/mol. The summed E-state index contributed by atoms with van der Waals surface area (Å²) in [5.41, 5.74) is 0.496. The molecule has 3 heterocycles. The highest BCUT2D eigenvalue weighted by molar-refractivity contribution is 5.98. The lowest BCUT2D eigenvalue weighted by molar-refractivity contribution is -0.106. The Bertz CT molecular complexity index is 515. The number of carbonyl (C=O) groups excluding carboxylic acids is 1. The van der Waals surface area contributed by atoms with Gasteiger partial charge in [0.05, 0.1) is 18.7 Å². The Hall–Kier alpha value is -1.95. The van der Waals surface area contributed by atoms with Crippen LogP contribution in [0.1, 0.15) is 10.4 Å². The zero-order valence-electron chi connectivity index (χ0n) is 8.84. The summed E-state index contributed by atoms with van der Waals surface area (Å²) in [6.07, 6.45) is -0.602. The van der Waals surface area contributed by atoms with Crippen LogP contribution in [0.25, 0.3) is 0 Å². The van der Waals surface area contributed by atoms with Crippen LogP contribution < -0.4 is 14.2 Å². The van der Waals surface area contributed by atoms with E-state index < -0.39 is 6.41 Å². The van der Waals surface area contributed by atoms with Gasteiger partial charge in [0.25, 0.3) is 12.3 Å². The third-order valence-electron chi connectivity index (χ3n) is 3.04. The molecule has 0 aliphatic carbocycles. The molecule has 1 atom stereocenters. The van der Waals surface area contributed by atoms with Gasteiger partial charge in [0.2, 0.25) is 6.79 Å². The highest BCUT2D eigenvalue weighted by atomic mass is 16.7. The maximum absolute atomic E-state index is 12.2. The molecule has 6 heteroatoms. The zero-order chi connectivity index (χ0) is 11.4. The number of carbonyl (C=O) groups is 1. The molecule has 0 unspecified atom stereocenters. The molecular formula is C11H9NO5. The van der Waals surface area contributed by atoms with E-state index >= 15 is 0 Å². The van der Waals surface area contributed by atoms with Crippen LogP contribution >= 0.6 is 0 Å². The highest BCUT2D eigenvalue weighted by Gasteiger charge is 2.39. The van der Waals surface area contributed by atoms with Gasteiger partial charge in [0.1, 0.15) is 5.75 Å². The fourth-order valence-electron chi connectivity index (χ4n) is 2.19. The molecule has 3 aliphatic heterocycles. The lowest BCUT2D eigenvalue weighted by atomic mass is 10.1. The summed E-state index contributed by atoms with van der Waals surface area (Å²) in [6.45, 7) is 1.23. The van der Waals surface area contributed by atoms with Crippen molar-refractivity contribution < 1.29 is 23.7 Å². The monoisotopic (exact) mass is 235 g/mol. The first-order chi connectivity index (χ1) is 8.33. The number of hydrogen-bond acceptors (Lipinski definition) is 5. The third-order valence-corrected chi connectivity index (χ3v) is 3.04. The van der Waals surface area contributed by atoms with E-state index in [1.807, 2.05) is 0 Å². The van der Waals surface area contributed by atoms with E-state index in [9.17, 15) is 4.79 Å². The number of fused-ring (bicyclic) bond motifs is 3. The van der Waals surface area contributed by atoms with Gasteiger partial charge in [-0.1, -0.05) is 0 Å². The quantitative estimate of drug-likeness (QED) is 0.657. The zero-order valence-corrected chi connectivity index (χ0v) is 8.84. The summed E-state index contributed by atoms with van der Waals surface area (Å²) in [5, 5.41) is 0. The normalized spacial score (nSPS) is 24.4. The van der Waals surface area contributed by atoms with Crippen molar-refractivity contribution in [3.05, 3.63) is 17.7 Å². The van der Waals surface area contributed by atoms with Crippen molar-refractivity contribution in [3.8, 4) is 17.2 Å². The van der Waals surface area contributed by atoms with E-state index in [4.69, 9.17) is 18.9 Å². The molecule has 3 aliphatic rings. The van der Waals surface area contributed by atoms with Gasteiger partial charge in [-0.25, -0.2) is 0 Å². The van der Waals surface area contributed by atoms with Crippen molar-refractivity contribution in [1.29, 1.82) is 0 Å². The molecule has 1 saturated heterocycles. The van der Waals surface area contributed by atoms with Gasteiger partial charge in [0.15, 0.2) is 11.5 Å². The number of ether oxygens (including phenoxy) is 4. The molecule has 4 rings (SSSR count). The molecule has 0 spiro atoms. The van der Waals surface area contributed by atoms with E-state index in [0.717, 1.165) is 0 Å². The topological polar surface area (TPSA) is 57.2 Å². The summed E-state index contributed by atoms with van der Waals surface area (Å²) in [7, 11) is 0. The number of nitrogens with zero attached hydrogens (tertiary/aromatic N) is 1. The molecule has 0 radical (unpaired) electrons. The summed E-state index contributed by atoms with van der Waals surface area (Å²) < 4.78 is 21.4. The molecule has 17 heavy (non-hydrogen) atoms. The number of rotatable bonds is 0. The fourth-order valence-corrected chi connectivity index (χ4v) is 2.19. The number of benzene rings is 1. The second-order valence-electron chi connectivity index (χ2n) is 4.00. The smallest absolute Gasteiger partial charge is 0.286 e. The summed E-state index contributed by atoms with van der Waals surface area (Å²) >= 11 is 0. The standard InChI is InChI=1S/C11H9NO5/c13-10-6-3-8-9(16-5-15-8)4-7(6)17-11-12(10)1-2-14-11/h3-4,11H,1-2,5H2/t11-/m0/s1. The van der Waals surface area contributed by atoms with E-state index in [-0.39, 0.29) is 12.7 Å². The van der Waals surface area contributed by atoms with Crippen molar-refractivity contribution in [2.24, 2.45) is 0 Å². The highest BCUT2D eigenvalue weighted by Crippen LogP contribution is 2.41. The average Bonchev–Trinajstić information content (AvgIpc) is 2.94. The molecule has 0 bridgehead atoms. The minimum atomic E-state index is -0.602. The van der Waals surface area contributed by atoms with Gasteiger partial charge in [0, 0.05) is 12.1 Å². The minimum absolute atomic E-state index is 0.0907. The Balaban J connectivity index is 1.84. The van der Waals surface area contributed by atoms with Gasteiger partial charge < -0.3 is 18.9 Å². The van der Waals surface area contributed by atoms with Crippen LogP contribution in [0.3, 0.4) is 0 Å². The summed E-state index contributed by atoms with van der Waals surface area (Å²) in [6, 6.07) is 3.34. The molecule has 6 nitrogen and oxygen atoms in total. The Morgan fingerprint density at radius 2 is 2.00 bits per heavy atom. The molecule has 1 aromatic carbocycles. The molecule has 1 amide bonds. The predicted octanol–water partition coefficient (Wildman–Crippen LogP) is 0.564. The lowest BCUT2D eigenvalue weighted by Crippen LogP contribution is -2.43. The second kappa shape index (κ2) is 3.04. The Morgan fingerprint density at radius 3 is 2.88 bits per heavy atom. The van der Waals surface area contributed by atoms with E-state index in [2.05, 4.69) is 0 Å². The van der Waals surface area contributed by atoms with Crippen LogP contribution in [-0.4, -0.2) is 37.2 Å². The van der Waals surface area contributed by atoms with Crippen molar-refractivity contribution in [1.82, 2.24) is 4.90 Å². The minimum Gasteiger partial charge on any atom is -0.454 e. The summed E-state index contributed by atoms with van der Waals surface area (Å²) in [5.74, 6) is 1.58. The van der Waals surface area contributed by atoms with Crippen molar-refractivity contribution in [2.75, 3.05) is 19.9 Å². The Labute approximate surface area is 96.6 Å². The van der Waals surface area contributed by atoms with E-state index in [1.54, 1.807) is 17.0 Å². The first-order valence-corrected chi connectivity index (χ1v) is 5.36. The SMILES string of the molecule is O=C1c2cc3c(cc2O[C@@H]2OCCN12)OCO3. The molecule has 0 saturated carbocycles. The number of amides is 1. The van der Waals surface area contributed by atoms with Crippen molar-refractivity contribution in [3.63, 3.8) is 0 Å². The molecule has 1 fully saturated rings. The maximum Gasteiger partial charge on any atom is 0.286 e. The maximum atomic E-state index is 12.2. The van der Waals surface area contributed by atoms with Crippen LogP contribution in [0.5, 0.6) is 17.2 Å². The van der Waals surface area contributed by atoms with Crippen molar-refractivity contribution in [2.45, 2.75) is 6.41 Å². The molecule has 88 valence electrons. The van der Waals surface area contributed by atoms with Gasteiger partial charge >= 0.3 is 0 Å². The van der Waals surface area contributed by atoms with E-state index in [1.165, 1.54) is 0 Å². The summed E-state index contributed by atoms with van der Waals surface area (Å²) in [4.78, 5) is 13.7. The van der Waals surface area contributed by atoms with Crippen LogP contribution in [0.2, 0.25) is 0 Å². The molecule has 1 aromatic rings. The second-order valence-corrected chi connectivity index (χ2v) is 4.00. The first kappa shape index (κ1) is 9.12. The fraction of sp³-hybridized carbons (Fsp3) is 0.364. The van der Waals surface area contributed by atoms with Gasteiger partial charge in [-0.15, -0.1) is 0 Å². The average molecular weight is 235 g/mol.